The van der Waals surface area contributed by atoms with E-state index in [-0.39, 0.29) is 0 Å². The minimum Gasteiger partial charge on any atom is -0.480 e. The van der Waals surface area contributed by atoms with Gasteiger partial charge in [-0.25, -0.2) is 4.79 Å². The molecule has 0 aliphatic carbocycles. The first-order valence-electron chi connectivity index (χ1n) is 6.33. The van der Waals surface area contributed by atoms with Crippen LogP contribution in [0.1, 0.15) is 31.2 Å². The SMILES string of the molecule is N#Cc1c(Br)cccc1N1CCCCCC1C(=O)O. The van der Waals surface area contributed by atoms with Crippen LogP contribution in [-0.4, -0.2) is 23.7 Å². The van der Waals surface area contributed by atoms with Crippen LogP contribution in [0.4, 0.5) is 5.69 Å². The zero-order valence-corrected chi connectivity index (χ0v) is 12.1. The first-order valence-corrected chi connectivity index (χ1v) is 7.12. The molecule has 0 bridgehead atoms. The van der Waals surface area contributed by atoms with Gasteiger partial charge in [0.15, 0.2) is 0 Å². The average molecular weight is 323 g/mol. The van der Waals surface area contributed by atoms with Gasteiger partial charge >= 0.3 is 5.97 Å². The van der Waals surface area contributed by atoms with Crippen LogP contribution in [0, 0.1) is 11.3 Å². The van der Waals surface area contributed by atoms with Gasteiger partial charge in [0.25, 0.3) is 0 Å². The summed E-state index contributed by atoms with van der Waals surface area (Å²) in [6, 6.07) is 7.08. The Morgan fingerprint density at radius 2 is 2.21 bits per heavy atom. The maximum atomic E-state index is 11.4. The van der Waals surface area contributed by atoms with Crippen molar-refractivity contribution in [3.05, 3.63) is 28.2 Å². The van der Waals surface area contributed by atoms with Crippen molar-refractivity contribution >= 4 is 27.6 Å². The topological polar surface area (TPSA) is 64.3 Å². The van der Waals surface area contributed by atoms with E-state index in [4.69, 9.17) is 0 Å². The Kier molecular flexibility index (Phi) is 4.43. The van der Waals surface area contributed by atoms with E-state index < -0.39 is 12.0 Å². The third kappa shape index (κ3) is 2.90. The molecule has 0 amide bonds. The zero-order chi connectivity index (χ0) is 13.8. The standard InChI is InChI=1S/C14H15BrN2O2/c15-11-5-4-7-12(10(11)9-16)17-8-3-1-2-6-13(17)14(18)19/h4-5,7,13H,1-3,6,8H2,(H,18,19). The van der Waals surface area contributed by atoms with E-state index in [0.717, 1.165) is 19.3 Å². The van der Waals surface area contributed by atoms with Crippen LogP contribution in [0.2, 0.25) is 0 Å². The predicted molar refractivity (Wildman–Crippen MR) is 76.1 cm³/mol. The van der Waals surface area contributed by atoms with Gasteiger partial charge in [0.05, 0.1) is 11.3 Å². The first kappa shape index (κ1) is 13.9. The molecule has 0 spiro atoms. The Morgan fingerprint density at radius 3 is 2.89 bits per heavy atom. The molecule has 4 nitrogen and oxygen atoms in total. The van der Waals surface area contributed by atoms with Crippen LogP contribution in [-0.2, 0) is 4.79 Å². The van der Waals surface area contributed by atoms with Gasteiger partial charge in [-0.1, -0.05) is 18.9 Å². The van der Waals surface area contributed by atoms with Gasteiger partial charge in [-0.15, -0.1) is 0 Å². The van der Waals surface area contributed by atoms with Gasteiger partial charge in [-0.2, -0.15) is 5.26 Å². The lowest BCUT2D eigenvalue weighted by Gasteiger charge is -2.30. The van der Waals surface area contributed by atoms with Crippen LogP contribution in [0.25, 0.3) is 0 Å². The molecular formula is C14H15BrN2O2. The number of aliphatic carboxylic acids is 1. The molecule has 0 radical (unpaired) electrons. The molecular weight excluding hydrogens is 308 g/mol. The van der Waals surface area contributed by atoms with Crippen LogP contribution in [0.3, 0.4) is 0 Å². The number of rotatable bonds is 2. The van der Waals surface area contributed by atoms with Gasteiger partial charge in [0, 0.05) is 11.0 Å². The quantitative estimate of drug-likeness (QED) is 0.908. The van der Waals surface area contributed by atoms with Crippen molar-refractivity contribution in [3.63, 3.8) is 0 Å². The van der Waals surface area contributed by atoms with Gasteiger partial charge in [-0.05, 0) is 40.9 Å². The highest BCUT2D eigenvalue weighted by Gasteiger charge is 2.29. The number of carboxylic acids is 1. The second-order valence-electron chi connectivity index (χ2n) is 4.64. The molecule has 1 aromatic rings. The summed E-state index contributed by atoms with van der Waals surface area (Å²) in [5.74, 6) is -0.814. The van der Waals surface area contributed by atoms with E-state index in [1.807, 2.05) is 17.0 Å². The van der Waals surface area contributed by atoms with E-state index in [1.54, 1.807) is 6.07 Å². The smallest absolute Gasteiger partial charge is 0.326 e. The molecule has 19 heavy (non-hydrogen) atoms. The van der Waals surface area contributed by atoms with Crippen molar-refractivity contribution in [1.82, 2.24) is 0 Å². The number of halogens is 1. The predicted octanol–water partition coefficient (Wildman–Crippen LogP) is 3.15. The summed E-state index contributed by atoms with van der Waals surface area (Å²) in [5.41, 5.74) is 1.22. The summed E-state index contributed by atoms with van der Waals surface area (Å²) < 4.78 is 0.709. The van der Waals surface area contributed by atoms with Crippen LogP contribution < -0.4 is 4.90 Å². The minimum absolute atomic E-state index is 0.510. The lowest BCUT2D eigenvalue weighted by atomic mass is 10.1. The van der Waals surface area contributed by atoms with Gasteiger partial charge in [-0.3, -0.25) is 0 Å². The highest BCUT2D eigenvalue weighted by molar-refractivity contribution is 9.10. The van der Waals surface area contributed by atoms with E-state index in [0.29, 0.717) is 28.7 Å². The fourth-order valence-electron chi connectivity index (χ4n) is 2.52. The number of benzene rings is 1. The molecule has 0 saturated carbocycles. The molecule has 1 aromatic carbocycles. The molecule has 1 saturated heterocycles. The highest BCUT2D eigenvalue weighted by atomic mass is 79.9. The summed E-state index contributed by atoms with van der Waals surface area (Å²) in [6.07, 6.45) is 3.55. The Labute approximate surface area is 120 Å². The second-order valence-corrected chi connectivity index (χ2v) is 5.50. The zero-order valence-electron chi connectivity index (χ0n) is 10.5. The van der Waals surface area contributed by atoms with E-state index in [1.165, 1.54) is 0 Å². The number of hydrogen-bond donors (Lipinski definition) is 1. The van der Waals surface area contributed by atoms with E-state index in [2.05, 4.69) is 22.0 Å². The van der Waals surface area contributed by atoms with E-state index in [9.17, 15) is 15.2 Å². The number of anilines is 1. The maximum Gasteiger partial charge on any atom is 0.326 e. The molecule has 0 aromatic heterocycles. The third-order valence-electron chi connectivity index (χ3n) is 3.45. The van der Waals surface area contributed by atoms with Crippen molar-refractivity contribution in [1.29, 1.82) is 5.26 Å². The summed E-state index contributed by atoms with van der Waals surface area (Å²) >= 11 is 3.35. The number of carboxylic acid groups (broad SMARTS) is 1. The van der Waals surface area contributed by atoms with Crippen molar-refractivity contribution < 1.29 is 9.90 Å². The largest absolute Gasteiger partial charge is 0.480 e. The lowest BCUT2D eigenvalue weighted by molar-refractivity contribution is -0.138. The molecule has 1 aliphatic heterocycles. The molecule has 1 unspecified atom stereocenters. The molecule has 100 valence electrons. The van der Waals surface area contributed by atoms with Crippen molar-refractivity contribution in [2.45, 2.75) is 31.7 Å². The van der Waals surface area contributed by atoms with Crippen LogP contribution in [0.5, 0.6) is 0 Å². The monoisotopic (exact) mass is 322 g/mol. The number of hydrogen-bond acceptors (Lipinski definition) is 3. The Hall–Kier alpha value is -1.54. The molecule has 5 heteroatoms. The summed E-state index contributed by atoms with van der Waals surface area (Å²) in [7, 11) is 0. The molecule has 1 fully saturated rings. The summed E-state index contributed by atoms with van der Waals surface area (Å²) in [5, 5.41) is 18.7. The van der Waals surface area contributed by atoms with Gasteiger partial charge < -0.3 is 10.0 Å². The molecule has 1 N–H and O–H groups in total. The van der Waals surface area contributed by atoms with Crippen molar-refractivity contribution in [3.8, 4) is 6.07 Å². The molecule has 2 rings (SSSR count). The number of nitrogens with zero attached hydrogens (tertiary/aromatic N) is 2. The second kappa shape index (κ2) is 6.07. The van der Waals surface area contributed by atoms with Crippen molar-refractivity contribution in [2.75, 3.05) is 11.4 Å². The third-order valence-corrected chi connectivity index (χ3v) is 4.11. The van der Waals surface area contributed by atoms with Gasteiger partial charge in [0.2, 0.25) is 0 Å². The van der Waals surface area contributed by atoms with Crippen LogP contribution in [0.15, 0.2) is 22.7 Å². The van der Waals surface area contributed by atoms with Crippen molar-refractivity contribution in [2.24, 2.45) is 0 Å². The normalized spacial score (nSPS) is 19.6. The van der Waals surface area contributed by atoms with Crippen LogP contribution >= 0.6 is 15.9 Å². The number of carbonyl (C=O) groups is 1. The maximum absolute atomic E-state index is 11.4. The summed E-state index contributed by atoms with van der Waals surface area (Å²) in [4.78, 5) is 13.3. The Morgan fingerprint density at radius 1 is 1.42 bits per heavy atom. The van der Waals surface area contributed by atoms with Gasteiger partial charge in [0.1, 0.15) is 12.1 Å². The highest BCUT2D eigenvalue weighted by Crippen LogP contribution is 2.31. The molecule has 1 atom stereocenters. The number of nitriles is 1. The molecule has 1 heterocycles. The Balaban J connectivity index is 2.45. The fraction of sp³-hybridized carbons (Fsp3) is 0.429. The minimum atomic E-state index is -0.814. The Bertz CT molecular complexity index is 525. The van der Waals surface area contributed by atoms with E-state index >= 15 is 0 Å². The molecule has 1 aliphatic rings. The fourth-order valence-corrected chi connectivity index (χ4v) is 2.96. The lowest BCUT2D eigenvalue weighted by Crippen LogP contribution is -2.41. The first-order chi connectivity index (χ1) is 9.15. The average Bonchev–Trinajstić information content (AvgIpc) is 2.63. The summed E-state index contributed by atoms with van der Waals surface area (Å²) in [6.45, 7) is 0.683.